The van der Waals surface area contributed by atoms with Crippen LogP contribution in [0.4, 0.5) is 4.39 Å². The molecule has 1 aliphatic rings. The predicted molar refractivity (Wildman–Crippen MR) is 116 cm³/mol. The molecule has 0 fully saturated rings. The number of rotatable bonds is 7. The van der Waals surface area contributed by atoms with E-state index < -0.39 is 5.82 Å². The first-order valence-corrected chi connectivity index (χ1v) is 10.4. The van der Waals surface area contributed by atoms with E-state index in [0.29, 0.717) is 12.4 Å². The number of halogens is 1. The standard InChI is InChI=1S/C23H26FN5O3/c1-31-19-10-16(11-20(13-19)32-2)15-28-7-6-21-26-27-22(29(21)9-8-28)14-25-23(30)17-4-3-5-18(24)12-17/h3-5,10-13H,6-9,14-15H2,1-2H3,(H,25,30). The summed E-state index contributed by atoms with van der Waals surface area (Å²) in [5.74, 6) is 2.33. The second-order valence-electron chi connectivity index (χ2n) is 7.62. The van der Waals surface area contributed by atoms with Gasteiger partial charge in [0.2, 0.25) is 0 Å². The number of amides is 1. The summed E-state index contributed by atoms with van der Waals surface area (Å²) in [6.45, 7) is 3.37. The molecule has 0 unspecified atom stereocenters. The largest absolute Gasteiger partial charge is 0.497 e. The third kappa shape index (κ3) is 5.05. The monoisotopic (exact) mass is 439 g/mol. The zero-order chi connectivity index (χ0) is 22.5. The van der Waals surface area contributed by atoms with Crippen molar-refractivity contribution >= 4 is 5.91 Å². The Labute approximate surface area is 186 Å². The van der Waals surface area contributed by atoms with Gasteiger partial charge in [-0.2, -0.15) is 0 Å². The molecule has 0 bridgehead atoms. The second kappa shape index (κ2) is 9.78. The predicted octanol–water partition coefficient (Wildman–Crippen LogP) is 2.42. The zero-order valence-corrected chi connectivity index (χ0v) is 18.2. The Kier molecular flexibility index (Phi) is 6.65. The van der Waals surface area contributed by atoms with Gasteiger partial charge in [0, 0.05) is 44.2 Å². The second-order valence-corrected chi connectivity index (χ2v) is 7.62. The summed E-state index contributed by atoms with van der Waals surface area (Å²) in [6, 6.07) is 11.5. The fraction of sp³-hybridized carbons (Fsp3) is 0.348. The van der Waals surface area contributed by atoms with Gasteiger partial charge in [0.25, 0.3) is 5.91 Å². The summed E-state index contributed by atoms with van der Waals surface area (Å²) >= 11 is 0. The van der Waals surface area contributed by atoms with Crippen LogP contribution < -0.4 is 14.8 Å². The van der Waals surface area contributed by atoms with Crippen LogP contribution >= 0.6 is 0 Å². The summed E-state index contributed by atoms with van der Waals surface area (Å²) in [4.78, 5) is 14.7. The number of ether oxygens (including phenoxy) is 2. The lowest BCUT2D eigenvalue weighted by Gasteiger charge is -2.20. The van der Waals surface area contributed by atoms with Gasteiger partial charge >= 0.3 is 0 Å². The van der Waals surface area contributed by atoms with Crippen molar-refractivity contribution in [2.75, 3.05) is 27.3 Å². The minimum absolute atomic E-state index is 0.232. The van der Waals surface area contributed by atoms with E-state index in [1.54, 1.807) is 20.3 Å². The van der Waals surface area contributed by atoms with E-state index in [1.807, 2.05) is 18.2 Å². The summed E-state index contributed by atoms with van der Waals surface area (Å²) in [5, 5.41) is 11.4. The van der Waals surface area contributed by atoms with Gasteiger partial charge in [-0.15, -0.1) is 10.2 Å². The molecule has 0 saturated carbocycles. The van der Waals surface area contributed by atoms with Crippen molar-refractivity contribution in [2.24, 2.45) is 0 Å². The Morgan fingerprint density at radius 1 is 1.06 bits per heavy atom. The maximum atomic E-state index is 13.4. The average Bonchev–Trinajstić information content (AvgIpc) is 3.09. The summed E-state index contributed by atoms with van der Waals surface area (Å²) in [6.07, 6.45) is 0.756. The Hall–Kier alpha value is -3.46. The molecule has 1 amide bonds. The van der Waals surface area contributed by atoms with E-state index in [4.69, 9.17) is 9.47 Å². The molecule has 0 aliphatic carbocycles. The number of benzene rings is 2. The molecule has 0 spiro atoms. The highest BCUT2D eigenvalue weighted by atomic mass is 19.1. The van der Waals surface area contributed by atoms with Crippen LogP contribution in [0.25, 0.3) is 0 Å². The van der Waals surface area contributed by atoms with Crippen molar-refractivity contribution in [1.82, 2.24) is 25.0 Å². The molecular formula is C23H26FN5O3. The summed E-state index contributed by atoms with van der Waals surface area (Å²) < 4.78 is 26.2. The number of carbonyl (C=O) groups is 1. The Morgan fingerprint density at radius 2 is 1.84 bits per heavy atom. The summed E-state index contributed by atoms with van der Waals surface area (Å²) in [5.41, 5.74) is 1.39. The third-order valence-electron chi connectivity index (χ3n) is 5.51. The van der Waals surface area contributed by atoms with E-state index in [-0.39, 0.29) is 18.0 Å². The van der Waals surface area contributed by atoms with Gasteiger partial charge in [-0.1, -0.05) is 6.07 Å². The lowest BCUT2D eigenvalue weighted by molar-refractivity contribution is 0.0949. The van der Waals surface area contributed by atoms with Gasteiger partial charge in [0.05, 0.1) is 20.8 Å². The van der Waals surface area contributed by atoms with Crippen molar-refractivity contribution in [3.05, 3.63) is 71.1 Å². The van der Waals surface area contributed by atoms with Crippen molar-refractivity contribution in [1.29, 1.82) is 0 Å². The van der Waals surface area contributed by atoms with Crippen LogP contribution in [0.15, 0.2) is 42.5 Å². The molecule has 32 heavy (non-hydrogen) atoms. The minimum atomic E-state index is -0.442. The molecule has 9 heteroatoms. The number of hydrogen-bond donors (Lipinski definition) is 1. The first kappa shape index (κ1) is 21.8. The highest BCUT2D eigenvalue weighted by Crippen LogP contribution is 2.24. The van der Waals surface area contributed by atoms with Crippen LogP contribution in [0.3, 0.4) is 0 Å². The molecule has 2 aromatic carbocycles. The first-order chi connectivity index (χ1) is 15.6. The van der Waals surface area contributed by atoms with Gasteiger partial charge < -0.3 is 19.4 Å². The molecule has 1 aliphatic heterocycles. The van der Waals surface area contributed by atoms with Gasteiger partial charge in [0.15, 0.2) is 5.82 Å². The molecule has 2 heterocycles. The Morgan fingerprint density at radius 3 is 2.56 bits per heavy atom. The number of carbonyl (C=O) groups excluding carboxylic acids is 1. The summed E-state index contributed by atoms with van der Waals surface area (Å²) in [7, 11) is 3.29. The van der Waals surface area contributed by atoms with E-state index in [9.17, 15) is 9.18 Å². The molecule has 0 saturated heterocycles. The van der Waals surface area contributed by atoms with Crippen molar-refractivity contribution in [3.63, 3.8) is 0 Å². The quantitative estimate of drug-likeness (QED) is 0.609. The van der Waals surface area contributed by atoms with Crippen molar-refractivity contribution < 1.29 is 18.7 Å². The topological polar surface area (TPSA) is 81.5 Å². The lowest BCUT2D eigenvalue weighted by Crippen LogP contribution is -2.28. The van der Waals surface area contributed by atoms with Crippen molar-refractivity contribution in [3.8, 4) is 11.5 Å². The van der Waals surface area contributed by atoms with Gasteiger partial charge in [-0.05, 0) is 35.9 Å². The molecule has 0 radical (unpaired) electrons. The smallest absolute Gasteiger partial charge is 0.251 e. The van der Waals surface area contributed by atoms with Crippen LogP contribution in [0.2, 0.25) is 0 Å². The fourth-order valence-electron chi connectivity index (χ4n) is 3.82. The first-order valence-electron chi connectivity index (χ1n) is 10.4. The molecule has 3 aromatic rings. The van der Waals surface area contributed by atoms with E-state index in [2.05, 4.69) is 25.0 Å². The van der Waals surface area contributed by atoms with E-state index >= 15 is 0 Å². The molecular weight excluding hydrogens is 413 g/mol. The van der Waals surface area contributed by atoms with Crippen molar-refractivity contribution in [2.45, 2.75) is 26.1 Å². The molecule has 4 rings (SSSR count). The number of aromatic nitrogens is 3. The molecule has 1 aromatic heterocycles. The van der Waals surface area contributed by atoms with Crippen LogP contribution in [0.5, 0.6) is 11.5 Å². The molecule has 168 valence electrons. The van der Waals surface area contributed by atoms with Crippen LogP contribution in [0, 0.1) is 5.82 Å². The van der Waals surface area contributed by atoms with Gasteiger partial charge in [-0.3, -0.25) is 9.69 Å². The number of fused-ring (bicyclic) bond motifs is 1. The molecule has 0 atom stereocenters. The number of hydrogen-bond acceptors (Lipinski definition) is 6. The fourth-order valence-corrected chi connectivity index (χ4v) is 3.82. The lowest BCUT2D eigenvalue weighted by atomic mass is 10.2. The minimum Gasteiger partial charge on any atom is -0.497 e. The normalized spacial score (nSPS) is 13.8. The maximum absolute atomic E-state index is 13.4. The number of nitrogens with one attached hydrogen (secondary N) is 1. The highest BCUT2D eigenvalue weighted by molar-refractivity contribution is 5.94. The highest BCUT2D eigenvalue weighted by Gasteiger charge is 2.20. The van der Waals surface area contributed by atoms with Crippen LogP contribution in [-0.2, 0) is 26.1 Å². The zero-order valence-electron chi connectivity index (χ0n) is 18.2. The van der Waals surface area contributed by atoms with Crippen LogP contribution in [0.1, 0.15) is 27.6 Å². The van der Waals surface area contributed by atoms with E-state index in [1.165, 1.54) is 18.2 Å². The SMILES string of the molecule is COc1cc(CN2CCc3nnc(CNC(=O)c4cccc(F)c4)n3CC2)cc(OC)c1. The van der Waals surface area contributed by atoms with Gasteiger partial charge in [-0.25, -0.2) is 4.39 Å². The Balaban J connectivity index is 1.38. The molecule has 8 nitrogen and oxygen atoms in total. The number of methoxy groups -OCH3 is 2. The third-order valence-corrected chi connectivity index (χ3v) is 5.51. The van der Waals surface area contributed by atoms with Gasteiger partial charge in [0.1, 0.15) is 23.1 Å². The molecule has 1 N–H and O–H groups in total. The Bertz CT molecular complexity index is 1080. The number of nitrogens with zero attached hydrogens (tertiary/aromatic N) is 4. The average molecular weight is 439 g/mol. The van der Waals surface area contributed by atoms with Crippen LogP contribution in [-0.4, -0.2) is 52.9 Å². The van der Waals surface area contributed by atoms with E-state index in [0.717, 1.165) is 48.9 Å². The maximum Gasteiger partial charge on any atom is 0.251 e.